The summed E-state index contributed by atoms with van der Waals surface area (Å²) in [6, 6.07) is 0. The highest BCUT2D eigenvalue weighted by atomic mass is 32.2. The molecule has 0 fully saturated rings. The summed E-state index contributed by atoms with van der Waals surface area (Å²) in [7, 11) is -0.798. The summed E-state index contributed by atoms with van der Waals surface area (Å²) >= 11 is 0. The van der Waals surface area contributed by atoms with Gasteiger partial charge in [0.25, 0.3) is 0 Å². The summed E-state index contributed by atoms with van der Waals surface area (Å²) in [5, 5.41) is 2.82. The minimum atomic E-state index is -0.798. The van der Waals surface area contributed by atoms with E-state index >= 15 is 0 Å². The second-order valence-electron chi connectivity index (χ2n) is 4.90. The Hall–Kier alpha value is -0.420. The number of amides is 1. The first-order valence-electron chi connectivity index (χ1n) is 6.83. The van der Waals surface area contributed by atoms with Gasteiger partial charge in [-0.1, -0.05) is 20.8 Å². The van der Waals surface area contributed by atoms with Crippen LogP contribution in [-0.2, 0) is 15.6 Å². The first kappa shape index (κ1) is 17.6. The van der Waals surface area contributed by atoms with Crippen molar-refractivity contribution < 1.29 is 9.00 Å². The van der Waals surface area contributed by atoms with Crippen LogP contribution in [0.3, 0.4) is 0 Å². The molecule has 2 atom stereocenters. The second kappa shape index (κ2) is 10.5. The van der Waals surface area contributed by atoms with Crippen LogP contribution in [0.5, 0.6) is 0 Å². The molecule has 0 rings (SSSR count). The quantitative estimate of drug-likeness (QED) is 0.631. The molecule has 0 aliphatic rings. The minimum Gasteiger partial charge on any atom is -0.355 e. The molecule has 0 aromatic carbocycles. The normalized spacial score (nSPS) is 14.5. The molecule has 0 aliphatic heterocycles. The zero-order valence-electron chi connectivity index (χ0n) is 11.9. The van der Waals surface area contributed by atoms with Gasteiger partial charge in [0, 0.05) is 35.3 Å². The van der Waals surface area contributed by atoms with E-state index in [-0.39, 0.29) is 5.91 Å². The molecule has 0 saturated carbocycles. The third kappa shape index (κ3) is 8.64. The van der Waals surface area contributed by atoms with Crippen molar-refractivity contribution >= 4 is 16.7 Å². The molecule has 0 bridgehead atoms. The molecule has 4 nitrogen and oxygen atoms in total. The lowest BCUT2D eigenvalue weighted by atomic mass is 9.88. The van der Waals surface area contributed by atoms with Gasteiger partial charge in [0.15, 0.2) is 0 Å². The van der Waals surface area contributed by atoms with Crippen LogP contribution < -0.4 is 11.1 Å². The van der Waals surface area contributed by atoms with Crippen LogP contribution in [0, 0.1) is 11.8 Å². The topological polar surface area (TPSA) is 72.2 Å². The fourth-order valence-corrected chi connectivity index (χ4v) is 2.50. The van der Waals surface area contributed by atoms with E-state index in [2.05, 4.69) is 19.2 Å². The Balaban J connectivity index is 3.77. The number of nitrogens with one attached hydrogen (secondary N) is 1. The van der Waals surface area contributed by atoms with Crippen molar-refractivity contribution in [2.75, 3.05) is 24.6 Å². The van der Waals surface area contributed by atoms with Gasteiger partial charge < -0.3 is 11.1 Å². The van der Waals surface area contributed by atoms with Crippen LogP contribution in [0.15, 0.2) is 0 Å². The van der Waals surface area contributed by atoms with Gasteiger partial charge in [-0.25, -0.2) is 0 Å². The summed E-state index contributed by atoms with van der Waals surface area (Å²) in [5.41, 5.74) is 5.57. The minimum absolute atomic E-state index is 0.0609. The molecule has 108 valence electrons. The van der Waals surface area contributed by atoms with Crippen LogP contribution in [-0.4, -0.2) is 34.7 Å². The van der Waals surface area contributed by atoms with Gasteiger partial charge in [-0.3, -0.25) is 9.00 Å². The lowest BCUT2D eigenvalue weighted by Crippen LogP contribution is -2.28. The Morgan fingerprint density at radius 3 is 2.50 bits per heavy atom. The average molecular weight is 276 g/mol. The standard InChI is InChI=1S/C13H28N2O2S/c1-4-18(17)10-9-15-13(16)6-5-12(7-8-14)11(2)3/h11-12H,4-10,14H2,1-3H3,(H,15,16). The van der Waals surface area contributed by atoms with E-state index in [1.807, 2.05) is 6.92 Å². The van der Waals surface area contributed by atoms with Crippen molar-refractivity contribution in [3.8, 4) is 0 Å². The number of rotatable bonds is 10. The summed E-state index contributed by atoms with van der Waals surface area (Å²) in [4.78, 5) is 11.6. The van der Waals surface area contributed by atoms with Crippen molar-refractivity contribution in [3.05, 3.63) is 0 Å². The monoisotopic (exact) mass is 276 g/mol. The molecule has 0 heterocycles. The van der Waals surface area contributed by atoms with Gasteiger partial charge >= 0.3 is 0 Å². The molecule has 0 aromatic heterocycles. The number of carbonyl (C=O) groups excluding carboxylic acids is 1. The highest BCUT2D eigenvalue weighted by Crippen LogP contribution is 2.20. The largest absolute Gasteiger partial charge is 0.355 e. The van der Waals surface area contributed by atoms with Crippen molar-refractivity contribution in [2.24, 2.45) is 17.6 Å². The molecule has 18 heavy (non-hydrogen) atoms. The van der Waals surface area contributed by atoms with Crippen LogP contribution in [0.2, 0.25) is 0 Å². The molecule has 0 radical (unpaired) electrons. The van der Waals surface area contributed by atoms with E-state index in [1.54, 1.807) is 0 Å². The van der Waals surface area contributed by atoms with E-state index in [9.17, 15) is 9.00 Å². The highest BCUT2D eigenvalue weighted by Gasteiger charge is 2.14. The van der Waals surface area contributed by atoms with Crippen LogP contribution >= 0.6 is 0 Å². The molecule has 0 aliphatic carbocycles. The molecule has 0 aromatic rings. The molecule has 2 unspecified atom stereocenters. The van der Waals surface area contributed by atoms with Crippen LogP contribution in [0.25, 0.3) is 0 Å². The number of hydrogen-bond donors (Lipinski definition) is 2. The van der Waals surface area contributed by atoms with E-state index < -0.39 is 10.8 Å². The second-order valence-corrected chi connectivity index (χ2v) is 6.77. The molecular formula is C13H28N2O2S. The van der Waals surface area contributed by atoms with E-state index in [0.29, 0.717) is 42.9 Å². The molecule has 1 amide bonds. The molecular weight excluding hydrogens is 248 g/mol. The lowest BCUT2D eigenvalue weighted by molar-refractivity contribution is -0.121. The summed E-state index contributed by atoms with van der Waals surface area (Å²) in [5.74, 6) is 2.35. The highest BCUT2D eigenvalue weighted by molar-refractivity contribution is 7.84. The van der Waals surface area contributed by atoms with Crippen molar-refractivity contribution in [3.63, 3.8) is 0 Å². The van der Waals surface area contributed by atoms with Gasteiger partial charge in [-0.15, -0.1) is 0 Å². The summed E-state index contributed by atoms with van der Waals surface area (Å²) in [6.45, 7) is 7.42. The van der Waals surface area contributed by atoms with Crippen molar-refractivity contribution in [2.45, 2.75) is 40.0 Å². The predicted molar refractivity (Wildman–Crippen MR) is 77.8 cm³/mol. The Morgan fingerprint density at radius 1 is 1.33 bits per heavy atom. The Bertz CT molecular complexity index is 257. The SMILES string of the molecule is CCS(=O)CCNC(=O)CCC(CCN)C(C)C. The number of nitrogens with two attached hydrogens (primary N) is 1. The Labute approximate surface area is 114 Å². The fourth-order valence-electron chi connectivity index (χ4n) is 1.88. The maximum atomic E-state index is 11.6. The van der Waals surface area contributed by atoms with Crippen LogP contribution in [0.1, 0.15) is 40.0 Å². The molecule has 5 heteroatoms. The zero-order chi connectivity index (χ0) is 14.0. The van der Waals surface area contributed by atoms with E-state index in [0.717, 1.165) is 12.8 Å². The fraction of sp³-hybridized carbons (Fsp3) is 0.923. The van der Waals surface area contributed by atoms with Gasteiger partial charge in [0.05, 0.1) is 0 Å². The Morgan fingerprint density at radius 2 is 2.00 bits per heavy atom. The maximum Gasteiger partial charge on any atom is 0.220 e. The van der Waals surface area contributed by atoms with E-state index in [1.165, 1.54) is 0 Å². The average Bonchev–Trinajstić information content (AvgIpc) is 2.33. The van der Waals surface area contributed by atoms with Gasteiger partial charge in [0.2, 0.25) is 5.91 Å². The first-order chi connectivity index (χ1) is 8.51. The van der Waals surface area contributed by atoms with Crippen molar-refractivity contribution in [1.29, 1.82) is 0 Å². The zero-order valence-corrected chi connectivity index (χ0v) is 12.7. The maximum absolute atomic E-state index is 11.6. The molecule has 0 saturated heterocycles. The number of carbonyl (C=O) groups is 1. The smallest absolute Gasteiger partial charge is 0.220 e. The molecule has 0 spiro atoms. The first-order valence-corrected chi connectivity index (χ1v) is 8.31. The molecule has 3 N–H and O–H groups in total. The Kier molecular flexibility index (Phi) is 10.3. The van der Waals surface area contributed by atoms with E-state index in [4.69, 9.17) is 5.73 Å². The third-order valence-electron chi connectivity index (χ3n) is 3.20. The van der Waals surface area contributed by atoms with Gasteiger partial charge in [0.1, 0.15) is 0 Å². The van der Waals surface area contributed by atoms with Crippen molar-refractivity contribution in [1.82, 2.24) is 5.32 Å². The predicted octanol–water partition coefficient (Wildman–Crippen LogP) is 1.27. The summed E-state index contributed by atoms with van der Waals surface area (Å²) < 4.78 is 11.2. The van der Waals surface area contributed by atoms with Gasteiger partial charge in [-0.05, 0) is 31.2 Å². The van der Waals surface area contributed by atoms with Gasteiger partial charge in [-0.2, -0.15) is 0 Å². The third-order valence-corrected chi connectivity index (χ3v) is 4.50. The summed E-state index contributed by atoms with van der Waals surface area (Å²) in [6.07, 6.45) is 2.41. The lowest BCUT2D eigenvalue weighted by Gasteiger charge is -2.19. The van der Waals surface area contributed by atoms with Crippen LogP contribution in [0.4, 0.5) is 0 Å². The number of hydrogen-bond acceptors (Lipinski definition) is 3.